The van der Waals surface area contributed by atoms with Crippen molar-refractivity contribution in [1.82, 2.24) is 9.62 Å². The quantitative estimate of drug-likeness (QED) is 0.756. The zero-order chi connectivity index (χ0) is 17.2. The van der Waals surface area contributed by atoms with Crippen LogP contribution in [0, 0.1) is 0 Å². The summed E-state index contributed by atoms with van der Waals surface area (Å²) in [6.07, 6.45) is 1.15. The van der Waals surface area contributed by atoms with Gasteiger partial charge in [-0.1, -0.05) is 30.1 Å². The van der Waals surface area contributed by atoms with Crippen LogP contribution in [0.5, 0.6) is 0 Å². The Balaban J connectivity index is 1.97. The van der Waals surface area contributed by atoms with E-state index in [0.29, 0.717) is 24.4 Å². The van der Waals surface area contributed by atoms with Crippen LogP contribution in [0.15, 0.2) is 23.1 Å². The van der Waals surface area contributed by atoms with Gasteiger partial charge < -0.3 is 5.11 Å². The Hall–Kier alpha value is -0.860. The number of likely N-dealkylation sites (N-methyl/N-ethyl adjacent to an activating group) is 1. The summed E-state index contributed by atoms with van der Waals surface area (Å²) in [5, 5.41) is 9.30. The minimum Gasteiger partial charge on any atom is -0.480 e. The van der Waals surface area contributed by atoms with E-state index in [1.807, 2.05) is 11.8 Å². The predicted molar refractivity (Wildman–Crippen MR) is 88.5 cm³/mol. The summed E-state index contributed by atoms with van der Waals surface area (Å²) in [6, 6.07) is 4.07. The first-order chi connectivity index (χ1) is 10.7. The molecule has 0 spiro atoms. The number of aliphatic carboxylic acids is 1. The van der Waals surface area contributed by atoms with Gasteiger partial charge >= 0.3 is 5.97 Å². The highest BCUT2D eigenvalue weighted by Crippen LogP contribution is 2.29. The minimum absolute atomic E-state index is 0.00935. The number of nitrogens with zero attached hydrogens (tertiary/aromatic N) is 1. The van der Waals surface area contributed by atoms with Crippen molar-refractivity contribution in [3.8, 4) is 0 Å². The van der Waals surface area contributed by atoms with E-state index in [-0.39, 0.29) is 28.5 Å². The van der Waals surface area contributed by atoms with E-state index in [4.69, 9.17) is 28.3 Å². The van der Waals surface area contributed by atoms with E-state index >= 15 is 0 Å². The van der Waals surface area contributed by atoms with Gasteiger partial charge in [-0.15, -0.1) is 0 Å². The maximum absolute atomic E-state index is 12.3. The molecule has 0 saturated heterocycles. The van der Waals surface area contributed by atoms with Crippen LogP contribution in [0.3, 0.4) is 0 Å². The third-order valence-corrected chi connectivity index (χ3v) is 6.12. The topological polar surface area (TPSA) is 86.7 Å². The highest BCUT2D eigenvalue weighted by Gasteiger charge is 2.36. The lowest BCUT2D eigenvalue weighted by atomic mass is 9.86. The van der Waals surface area contributed by atoms with Gasteiger partial charge in [-0.05, 0) is 37.6 Å². The molecule has 1 aromatic rings. The molecular formula is C14H18Cl2N2O4S. The lowest BCUT2D eigenvalue weighted by Gasteiger charge is -2.42. The number of rotatable bonds is 7. The smallest absolute Gasteiger partial charge is 0.317 e. The Kier molecular flexibility index (Phi) is 5.91. The number of halogens is 2. The molecule has 1 fully saturated rings. The molecular weight excluding hydrogens is 363 g/mol. The first-order valence-electron chi connectivity index (χ1n) is 7.16. The number of carboxylic acids is 1. The fraction of sp³-hybridized carbons (Fsp3) is 0.500. The molecule has 2 N–H and O–H groups in total. The minimum atomic E-state index is -3.72. The summed E-state index contributed by atoms with van der Waals surface area (Å²) in [4.78, 5) is 12.6. The average molecular weight is 381 g/mol. The third-order valence-electron chi connectivity index (χ3n) is 3.88. The fourth-order valence-corrected chi connectivity index (χ4v) is 4.67. The maximum Gasteiger partial charge on any atom is 0.317 e. The molecule has 128 valence electrons. The molecule has 0 aromatic heterocycles. The van der Waals surface area contributed by atoms with Gasteiger partial charge in [0, 0.05) is 17.1 Å². The summed E-state index contributed by atoms with van der Waals surface area (Å²) in [6.45, 7) is 2.46. The van der Waals surface area contributed by atoms with E-state index in [1.165, 1.54) is 18.2 Å². The summed E-state index contributed by atoms with van der Waals surface area (Å²) in [5.74, 6) is -0.885. The molecule has 0 amide bonds. The van der Waals surface area contributed by atoms with Gasteiger partial charge in [0.15, 0.2) is 0 Å². The predicted octanol–water partition coefficient (Wildman–Crippen LogP) is 2.21. The Morgan fingerprint density at radius 3 is 2.57 bits per heavy atom. The van der Waals surface area contributed by atoms with Crippen LogP contribution in [0.25, 0.3) is 0 Å². The number of hydrogen-bond acceptors (Lipinski definition) is 4. The summed E-state index contributed by atoms with van der Waals surface area (Å²) in [7, 11) is -3.72. The van der Waals surface area contributed by atoms with E-state index in [9.17, 15) is 13.2 Å². The zero-order valence-corrected chi connectivity index (χ0v) is 14.8. The molecule has 1 saturated carbocycles. The highest BCUT2D eigenvalue weighted by atomic mass is 35.5. The molecule has 23 heavy (non-hydrogen) atoms. The molecule has 0 unspecified atom stereocenters. The molecule has 1 aromatic carbocycles. The molecule has 9 heteroatoms. The van der Waals surface area contributed by atoms with Gasteiger partial charge in [-0.2, -0.15) is 0 Å². The third kappa shape index (κ3) is 4.58. The standard InChI is InChI=1S/C14H18Cl2N2O4S/c1-2-18(8-14(19)20)11-6-10(7-11)17-23(21,22)13-4-3-9(15)5-12(13)16/h3-5,10-11,17H,2,6-8H2,1H3,(H,19,20). The van der Waals surface area contributed by atoms with Crippen molar-refractivity contribution in [1.29, 1.82) is 0 Å². The van der Waals surface area contributed by atoms with Crippen molar-refractivity contribution in [3.05, 3.63) is 28.2 Å². The molecule has 1 aliphatic carbocycles. The van der Waals surface area contributed by atoms with Gasteiger partial charge in [0.2, 0.25) is 10.0 Å². The van der Waals surface area contributed by atoms with Crippen molar-refractivity contribution in [3.63, 3.8) is 0 Å². The van der Waals surface area contributed by atoms with Gasteiger partial charge in [-0.3, -0.25) is 9.69 Å². The van der Waals surface area contributed by atoms with Crippen LogP contribution < -0.4 is 4.72 Å². The van der Waals surface area contributed by atoms with Crippen molar-refractivity contribution in [2.75, 3.05) is 13.1 Å². The van der Waals surface area contributed by atoms with Gasteiger partial charge in [0.05, 0.1) is 11.6 Å². The molecule has 2 rings (SSSR count). The number of carbonyl (C=O) groups is 1. The van der Waals surface area contributed by atoms with Crippen LogP contribution in [-0.4, -0.2) is 49.6 Å². The Bertz CT molecular complexity index is 690. The Morgan fingerprint density at radius 1 is 1.39 bits per heavy atom. The van der Waals surface area contributed by atoms with Gasteiger partial charge in [0.1, 0.15) is 4.90 Å². The van der Waals surface area contributed by atoms with E-state index in [2.05, 4.69) is 4.72 Å². The molecule has 0 aliphatic heterocycles. The fourth-order valence-electron chi connectivity index (χ4n) is 2.63. The molecule has 0 bridgehead atoms. The van der Waals surface area contributed by atoms with Crippen LogP contribution in [0.1, 0.15) is 19.8 Å². The first-order valence-corrected chi connectivity index (χ1v) is 9.40. The Morgan fingerprint density at radius 2 is 2.04 bits per heavy atom. The van der Waals surface area contributed by atoms with Crippen molar-refractivity contribution >= 4 is 39.2 Å². The van der Waals surface area contributed by atoms with Gasteiger partial charge in [0.25, 0.3) is 0 Å². The second kappa shape index (κ2) is 7.36. The van der Waals surface area contributed by atoms with E-state index < -0.39 is 16.0 Å². The number of sulfonamides is 1. The monoisotopic (exact) mass is 380 g/mol. The van der Waals surface area contributed by atoms with Crippen molar-refractivity contribution in [2.24, 2.45) is 0 Å². The molecule has 1 aliphatic rings. The molecule has 0 heterocycles. The molecule has 6 nitrogen and oxygen atoms in total. The van der Waals surface area contributed by atoms with Crippen LogP contribution in [-0.2, 0) is 14.8 Å². The second-order valence-corrected chi connectivity index (χ2v) is 8.00. The Labute approximate surface area is 145 Å². The largest absolute Gasteiger partial charge is 0.480 e. The van der Waals surface area contributed by atoms with Crippen LogP contribution in [0.2, 0.25) is 10.0 Å². The van der Waals surface area contributed by atoms with Crippen molar-refractivity contribution < 1.29 is 18.3 Å². The lowest BCUT2D eigenvalue weighted by molar-refractivity contribution is -0.139. The van der Waals surface area contributed by atoms with Crippen LogP contribution in [0.4, 0.5) is 0 Å². The summed E-state index contributed by atoms with van der Waals surface area (Å²) < 4.78 is 27.3. The van der Waals surface area contributed by atoms with Gasteiger partial charge in [-0.25, -0.2) is 13.1 Å². The number of hydrogen-bond donors (Lipinski definition) is 2. The highest BCUT2D eigenvalue weighted by molar-refractivity contribution is 7.89. The summed E-state index contributed by atoms with van der Waals surface area (Å²) in [5.41, 5.74) is 0. The SMILES string of the molecule is CCN(CC(=O)O)C1CC(NS(=O)(=O)c2ccc(Cl)cc2Cl)C1. The first kappa shape index (κ1) is 18.5. The van der Waals surface area contributed by atoms with Crippen molar-refractivity contribution in [2.45, 2.75) is 36.7 Å². The van der Waals surface area contributed by atoms with E-state index in [0.717, 1.165) is 0 Å². The van der Waals surface area contributed by atoms with E-state index in [1.54, 1.807) is 0 Å². The number of carboxylic acid groups (broad SMARTS) is 1. The summed E-state index contributed by atoms with van der Waals surface area (Å²) >= 11 is 11.7. The maximum atomic E-state index is 12.3. The van der Waals surface area contributed by atoms with Crippen LogP contribution >= 0.6 is 23.2 Å². The normalized spacial score (nSPS) is 21.2. The molecule has 0 atom stereocenters. The lowest BCUT2D eigenvalue weighted by Crippen LogP contribution is -2.54. The number of nitrogens with one attached hydrogen (secondary N) is 1. The zero-order valence-electron chi connectivity index (χ0n) is 12.5. The second-order valence-electron chi connectivity index (χ2n) is 5.48. The average Bonchev–Trinajstić information content (AvgIpc) is 2.39. The molecule has 0 radical (unpaired) electrons. The number of benzene rings is 1.